The van der Waals surface area contributed by atoms with E-state index in [1.54, 1.807) is 0 Å². The number of fused-ring (bicyclic) bond motifs is 1. The van der Waals surface area contributed by atoms with Crippen LogP contribution in [-0.4, -0.2) is 9.55 Å². The van der Waals surface area contributed by atoms with Gasteiger partial charge in [0.1, 0.15) is 5.82 Å². The highest BCUT2D eigenvalue weighted by molar-refractivity contribution is 5.76. The first-order chi connectivity index (χ1) is 10.5. The lowest BCUT2D eigenvalue weighted by atomic mass is 9.95. The minimum Gasteiger partial charge on any atom is -0.323 e. The highest BCUT2D eigenvalue weighted by Gasteiger charge is 2.23. The lowest BCUT2D eigenvalue weighted by Gasteiger charge is -2.20. The van der Waals surface area contributed by atoms with Crippen LogP contribution in [0.4, 0.5) is 0 Å². The van der Waals surface area contributed by atoms with Gasteiger partial charge in [-0.3, -0.25) is 0 Å². The van der Waals surface area contributed by atoms with E-state index in [9.17, 15) is 5.26 Å². The zero-order chi connectivity index (χ0) is 15.7. The van der Waals surface area contributed by atoms with Gasteiger partial charge in [-0.05, 0) is 23.8 Å². The summed E-state index contributed by atoms with van der Waals surface area (Å²) >= 11 is 0. The van der Waals surface area contributed by atoms with Crippen molar-refractivity contribution in [2.75, 3.05) is 0 Å². The molecule has 0 amide bonds. The van der Waals surface area contributed by atoms with Crippen molar-refractivity contribution >= 4 is 11.0 Å². The maximum atomic E-state index is 9.31. The second-order valence-corrected chi connectivity index (χ2v) is 6.53. The Balaban J connectivity index is 2.19. The van der Waals surface area contributed by atoms with Crippen LogP contribution in [-0.2, 0) is 12.0 Å². The summed E-state index contributed by atoms with van der Waals surface area (Å²) < 4.78 is 2.23. The third-order valence-corrected chi connectivity index (χ3v) is 3.79. The second kappa shape index (κ2) is 5.31. The molecule has 0 saturated heterocycles. The van der Waals surface area contributed by atoms with Crippen LogP contribution >= 0.6 is 0 Å². The molecule has 0 atom stereocenters. The molecule has 2 aromatic carbocycles. The average Bonchev–Trinajstić information content (AvgIpc) is 2.87. The van der Waals surface area contributed by atoms with E-state index >= 15 is 0 Å². The van der Waals surface area contributed by atoms with Gasteiger partial charge in [-0.15, -0.1) is 0 Å². The topological polar surface area (TPSA) is 41.6 Å². The van der Waals surface area contributed by atoms with Gasteiger partial charge in [-0.2, -0.15) is 5.26 Å². The zero-order valence-electron chi connectivity index (χ0n) is 13.2. The molecule has 1 aromatic heterocycles. The predicted octanol–water partition coefficient (Wildman–Crippen LogP) is 4.25. The molecule has 0 aliphatic rings. The molecule has 0 spiro atoms. The molecule has 3 aromatic rings. The summed E-state index contributed by atoms with van der Waals surface area (Å²) in [6, 6.07) is 18.2. The van der Waals surface area contributed by atoms with E-state index in [4.69, 9.17) is 4.98 Å². The molecule has 0 unspecified atom stereocenters. The minimum atomic E-state index is -0.0550. The Morgan fingerprint density at radius 1 is 1.05 bits per heavy atom. The maximum Gasteiger partial charge on any atom is 0.115 e. The lowest BCUT2D eigenvalue weighted by Crippen LogP contribution is -2.19. The molecule has 1 heterocycles. The molecular weight excluding hydrogens is 270 g/mol. The van der Waals surface area contributed by atoms with Crippen molar-refractivity contribution in [1.82, 2.24) is 9.55 Å². The molecule has 110 valence electrons. The first-order valence-corrected chi connectivity index (χ1v) is 7.44. The van der Waals surface area contributed by atoms with Gasteiger partial charge in [0.15, 0.2) is 0 Å². The first-order valence-electron chi connectivity index (χ1n) is 7.44. The number of rotatable bonds is 2. The molecule has 0 bridgehead atoms. The highest BCUT2D eigenvalue weighted by Crippen LogP contribution is 2.27. The van der Waals surface area contributed by atoms with Crippen LogP contribution in [0, 0.1) is 11.3 Å². The fraction of sp³-hybridized carbons (Fsp3) is 0.263. The van der Waals surface area contributed by atoms with Crippen molar-refractivity contribution in [1.29, 1.82) is 5.26 Å². The Hall–Kier alpha value is -2.60. The van der Waals surface area contributed by atoms with Crippen molar-refractivity contribution < 1.29 is 0 Å². The van der Waals surface area contributed by atoms with Crippen LogP contribution < -0.4 is 0 Å². The number of nitriles is 1. The van der Waals surface area contributed by atoms with Crippen LogP contribution in [0.25, 0.3) is 11.0 Å². The first kappa shape index (κ1) is 14.3. The van der Waals surface area contributed by atoms with E-state index in [0.29, 0.717) is 6.54 Å². The summed E-state index contributed by atoms with van der Waals surface area (Å²) in [4.78, 5) is 4.82. The molecule has 0 fully saturated rings. The Morgan fingerprint density at radius 3 is 2.45 bits per heavy atom. The Bertz CT molecular complexity index is 860. The number of aromatic nitrogens is 2. The molecule has 3 rings (SSSR count). The third-order valence-electron chi connectivity index (χ3n) is 3.79. The van der Waals surface area contributed by atoms with Gasteiger partial charge in [0, 0.05) is 5.41 Å². The van der Waals surface area contributed by atoms with Crippen LogP contribution in [0.1, 0.15) is 37.7 Å². The SMILES string of the molecule is CC(C)(C)c1nc2ccccc2n1Cc1ccccc1C#N. The van der Waals surface area contributed by atoms with Gasteiger partial charge in [-0.25, -0.2) is 4.98 Å². The Morgan fingerprint density at radius 2 is 1.73 bits per heavy atom. The minimum absolute atomic E-state index is 0.0550. The highest BCUT2D eigenvalue weighted by atomic mass is 15.1. The molecule has 0 saturated carbocycles. The summed E-state index contributed by atoms with van der Waals surface area (Å²) in [5.74, 6) is 1.04. The average molecular weight is 289 g/mol. The van der Waals surface area contributed by atoms with Gasteiger partial charge < -0.3 is 4.57 Å². The summed E-state index contributed by atoms with van der Waals surface area (Å²) in [5, 5.41) is 9.31. The van der Waals surface area contributed by atoms with E-state index in [1.807, 2.05) is 42.5 Å². The van der Waals surface area contributed by atoms with Crippen molar-refractivity contribution in [2.24, 2.45) is 0 Å². The number of hydrogen-bond acceptors (Lipinski definition) is 2. The Kier molecular flexibility index (Phi) is 3.46. The molecule has 22 heavy (non-hydrogen) atoms. The predicted molar refractivity (Wildman–Crippen MR) is 88.7 cm³/mol. The van der Waals surface area contributed by atoms with E-state index in [-0.39, 0.29) is 5.41 Å². The van der Waals surface area contributed by atoms with Gasteiger partial charge in [0.2, 0.25) is 0 Å². The van der Waals surface area contributed by atoms with Crippen molar-refractivity contribution in [3.05, 3.63) is 65.5 Å². The fourth-order valence-corrected chi connectivity index (χ4v) is 2.75. The quantitative estimate of drug-likeness (QED) is 0.707. The normalized spacial score (nSPS) is 11.5. The van der Waals surface area contributed by atoms with Crippen LogP contribution in [0.5, 0.6) is 0 Å². The molecular formula is C19H19N3. The molecule has 0 N–H and O–H groups in total. The van der Waals surface area contributed by atoms with E-state index in [1.165, 1.54) is 0 Å². The number of nitrogens with zero attached hydrogens (tertiary/aromatic N) is 3. The second-order valence-electron chi connectivity index (χ2n) is 6.53. The fourth-order valence-electron chi connectivity index (χ4n) is 2.75. The van der Waals surface area contributed by atoms with Gasteiger partial charge in [0.25, 0.3) is 0 Å². The summed E-state index contributed by atoms with van der Waals surface area (Å²) in [6.45, 7) is 7.17. The largest absolute Gasteiger partial charge is 0.323 e. The van der Waals surface area contributed by atoms with Crippen molar-refractivity contribution in [3.63, 3.8) is 0 Å². The summed E-state index contributed by atoms with van der Waals surface area (Å²) in [7, 11) is 0. The van der Waals surface area contributed by atoms with E-state index < -0.39 is 0 Å². The molecule has 3 heteroatoms. The number of benzene rings is 2. The van der Waals surface area contributed by atoms with Crippen LogP contribution in [0.2, 0.25) is 0 Å². The molecule has 3 nitrogen and oxygen atoms in total. The van der Waals surface area contributed by atoms with Crippen LogP contribution in [0.3, 0.4) is 0 Å². The number of imidazole rings is 1. The number of para-hydroxylation sites is 2. The lowest BCUT2D eigenvalue weighted by molar-refractivity contribution is 0.516. The smallest absolute Gasteiger partial charge is 0.115 e. The number of hydrogen-bond donors (Lipinski definition) is 0. The van der Waals surface area contributed by atoms with Gasteiger partial charge in [-0.1, -0.05) is 51.1 Å². The monoisotopic (exact) mass is 289 g/mol. The standard InChI is InChI=1S/C19H19N3/c1-19(2,3)18-21-16-10-6-7-11-17(16)22(18)13-15-9-5-4-8-14(15)12-20/h4-11H,13H2,1-3H3. The summed E-state index contributed by atoms with van der Waals surface area (Å²) in [6.07, 6.45) is 0. The van der Waals surface area contributed by atoms with E-state index in [2.05, 4.69) is 37.5 Å². The third kappa shape index (κ3) is 2.48. The Labute approximate surface area is 130 Å². The molecule has 0 aliphatic heterocycles. The van der Waals surface area contributed by atoms with Crippen molar-refractivity contribution in [3.8, 4) is 6.07 Å². The van der Waals surface area contributed by atoms with Gasteiger partial charge in [0.05, 0.1) is 29.2 Å². The molecule has 0 aliphatic carbocycles. The van der Waals surface area contributed by atoms with Crippen LogP contribution in [0.15, 0.2) is 48.5 Å². The zero-order valence-corrected chi connectivity index (χ0v) is 13.2. The van der Waals surface area contributed by atoms with E-state index in [0.717, 1.165) is 28.0 Å². The van der Waals surface area contributed by atoms with Crippen molar-refractivity contribution in [2.45, 2.75) is 32.7 Å². The van der Waals surface area contributed by atoms with Gasteiger partial charge >= 0.3 is 0 Å². The maximum absolute atomic E-state index is 9.31. The summed E-state index contributed by atoms with van der Waals surface area (Å²) in [5.41, 5.74) is 3.81. The molecule has 0 radical (unpaired) electrons.